The molecule has 3 N–H and O–H groups in total. The molecule has 1 atom stereocenters. The smallest absolute Gasteiger partial charge is 0.319 e. The molecule has 6 nitrogen and oxygen atoms in total. The van der Waals surface area contributed by atoms with Crippen LogP contribution in [0.2, 0.25) is 0 Å². The zero-order chi connectivity index (χ0) is 21.6. The molecule has 0 aliphatic heterocycles. The van der Waals surface area contributed by atoms with E-state index in [0.717, 1.165) is 11.1 Å². The fourth-order valence-electron chi connectivity index (χ4n) is 3.08. The summed E-state index contributed by atoms with van der Waals surface area (Å²) in [5, 5.41) is 16.3. The van der Waals surface area contributed by atoms with Crippen LogP contribution in [0.1, 0.15) is 12.5 Å². The molecule has 0 heterocycles. The number of carbonyl (C=O) groups is 1. The molecule has 0 radical (unpaired) electrons. The van der Waals surface area contributed by atoms with E-state index in [1.807, 2.05) is 54.6 Å². The normalized spacial score (nSPS) is 12.5. The van der Waals surface area contributed by atoms with E-state index < -0.39 is 11.6 Å². The number of methoxy groups -OCH3 is 2. The van der Waals surface area contributed by atoms with E-state index in [-0.39, 0.29) is 6.54 Å². The molecule has 3 rings (SSSR count). The molecule has 0 saturated heterocycles. The number of urea groups is 1. The van der Waals surface area contributed by atoms with Gasteiger partial charge in [0.1, 0.15) is 17.1 Å². The number of ether oxygens (including phenoxy) is 2. The Balaban J connectivity index is 1.62. The molecule has 1 unspecified atom stereocenters. The monoisotopic (exact) mass is 406 g/mol. The van der Waals surface area contributed by atoms with Crippen molar-refractivity contribution in [2.75, 3.05) is 26.1 Å². The lowest BCUT2D eigenvalue weighted by Gasteiger charge is -2.25. The lowest BCUT2D eigenvalue weighted by atomic mass is 9.94. The zero-order valence-electron chi connectivity index (χ0n) is 17.3. The van der Waals surface area contributed by atoms with Crippen LogP contribution in [0.15, 0.2) is 72.8 Å². The van der Waals surface area contributed by atoms with Crippen molar-refractivity contribution in [2.45, 2.75) is 12.5 Å². The Kier molecular flexibility index (Phi) is 6.59. The maximum atomic E-state index is 12.3. The Morgan fingerprint density at radius 3 is 2.23 bits per heavy atom. The predicted molar refractivity (Wildman–Crippen MR) is 118 cm³/mol. The van der Waals surface area contributed by atoms with Crippen LogP contribution >= 0.6 is 0 Å². The SMILES string of the molecule is COc1ccc(NC(=O)NCC(C)(O)c2ccc(-c3ccccc3)cc2)c(OC)c1. The van der Waals surface area contributed by atoms with Gasteiger partial charge in [0.25, 0.3) is 0 Å². The molecule has 0 fully saturated rings. The largest absolute Gasteiger partial charge is 0.497 e. The molecule has 3 aromatic rings. The number of rotatable bonds is 7. The van der Waals surface area contributed by atoms with Crippen molar-refractivity contribution in [3.8, 4) is 22.6 Å². The molecule has 0 bridgehead atoms. The molecule has 0 spiro atoms. The van der Waals surface area contributed by atoms with Crippen LogP contribution in [-0.4, -0.2) is 31.9 Å². The van der Waals surface area contributed by atoms with Crippen molar-refractivity contribution in [1.29, 1.82) is 0 Å². The van der Waals surface area contributed by atoms with Gasteiger partial charge < -0.3 is 25.2 Å². The first-order valence-corrected chi connectivity index (χ1v) is 9.58. The number of aliphatic hydroxyl groups is 1. The third kappa shape index (κ3) is 5.10. The van der Waals surface area contributed by atoms with Crippen molar-refractivity contribution >= 4 is 11.7 Å². The van der Waals surface area contributed by atoms with E-state index in [0.29, 0.717) is 22.7 Å². The van der Waals surface area contributed by atoms with Crippen LogP contribution in [0, 0.1) is 0 Å². The van der Waals surface area contributed by atoms with Crippen molar-refractivity contribution in [2.24, 2.45) is 0 Å². The number of nitrogens with one attached hydrogen (secondary N) is 2. The van der Waals surface area contributed by atoms with E-state index >= 15 is 0 Å². The lowest BCUT2D eigenvalue weighted by Crippen LogP contribution is -2.40. The van der Waals surface area contributed by atoms with Gasteiger partial charge in [-0.25, -0.2) is 4.79 Å². The highest BCUT2D eigenvalue weighted by Crippen LogP contribution is 2.29. The maximum absolute atomic E-state index is 12.3. The number of anilines is 1. The fraction of sp³-hybridized carbons (Fsp3) is 0.208. The topological polar surface area (TPSA) is 79.8 Å². The summed E-state index contributed by atoms with van der Waals surface area (Å²) in [6.45, 7) is 1.71. The molecule has 3 aromatic carbocycles. The van der Waals surface area contributed by atoms with E-state index in [4.69, 9.17) is 9.47 Å². The molecular weight excluding hydrogens is 380 g/mol. The van der Waals surface area contributed by atoms with Gasteiger partial charge in [-0.05, 0) is 35.7 Å². The highest BCUT2D eigenvalue weighted by atomic mass is 16.5. The van der Waals surface area contributed by atoms with Gasteiger partial charge in [0.15, 0.2) is 0 Å². The minimum Gasteiger partial charge on any atom is -0.497 e. The van der Waals surface area contributed by atoms with Crippen LogP contribution in [0.4, 0.5) is 10.5 Å². The molecule has 0 saturated carbocycles. The minimum atomic E-state index is -1.23. The summed E-state index contributed by atoms with van der Waals surface area (Å²) in [6, 6.07) is 22.3. The summed E-state index contributed by atoms with van der Waals surface area (Å²) < 4.78 is 10.4. The van der Waals surface area contributed by atoms with E-state index in [1.54, 1.807) is 32.2 Å². The van der Waals surface area contributed by atoms with Crippen molar-refractivity contribution in [1.82, 2.24) is 5.32 Å². The van der Waals surface area contributed by atoms with Crippen LogP contribution in [0.3, 0.4) is 0 Å². The van der Waals surface area contributed by atoms with Crippen LogP contribution < -0.4 is 20.1 Å². The molecule has 2 amide bonds. The molecule has 6 heteroatoms. The fourth-order valence-corrected chi connectivity index (χ4v) is 3.08. The summed E-state index contributed by atoms with van der Waals surface area (Å²) in [5.74, 6) is 1.10. The average molecular weight is 406 g/mol. The second kappa shape index (κ2) is 9.33. The van der Waals surface area contributed by atoms with Gasteiger partial charge in [-0.3, -0.25) is 0 Å². The summed E-state index contributed by atoms with van der Waals surface area (Å²) in [4.78, 5) is 12.3. The van der Waals surface area contributed by atoms with Crippen molar-refractivity contribution in [3.05, 3.63) is 78.4 Å². The van der Waals surface area contributed by atoms with Crippen molar-refractivity contribution in [3.63, 3.8) is 0 Å². The molecule has 30 heavy (non-hydrogen) atoms. The standard InChI is InChI=1S/C24H26N2O4/c1-24(28,19-11-9-18(10-12-19)17-7-5-4-6-8-17)16-25-23(27)26-21-14-13-20(29-2)15-22(21)30-3/h4-15,28H,16H2,1-3H3,(H2,25,26,27). The lowest BCUT2D eigenvalue weighted by molar-refractivity contribution is 0.0600. The van der Waals surface area contributed by atoms with Gasteiger partial charge >= 0.3 is 6.03 Å². The first-order valence-electron chi connectivity index (χ1n) is 9.58. The Morgan fingerprint density at radius 2 is 1.60 bits per heavy atom. The van der Waals surface area contributed by atoms with Gasteiger partial charge in [-0.1, -0.05) is 54.6 Å². The second-order valence-corrected chi connectivity index (χ2v) is 7.09. The van der Waals surface area contributed by atoms with E-state index in [2.05, 4.69) is 10.6 Å². The first-order chi connectivity index (χ1) is 14.4. The highest BCUT2D eigenvalue weighted by Gasteiger charge is 2.24. The number of amides is 2. The Hall–Kier alpha value is -3.51. The minimum absolute atomic E-state index is 0.0436. The highest BCUT2D eigenvalue weighted by molar-refractivity contribution is 5.91. The zero-order valence-corrected chi connectivity index (χ0v) is 17.3. The first kappa shape index (κ1) is 21.2. The number of benzene rings is 3. The number of hydrogen-bond acceptors (Lipinski definition) is 4. The molecular formula is C24H26N2O4. The molecule has 0 aliphatic rings. The second-order valence-electron chi connectivity index (χ2n) is 7.09. The summed E-state index contributed by atoms with van der Waals surface area (Å²) in [6.07, 6.45) is 0. The van der Waals surface area contributed by atoms with E-state index in [9.17, 15) is 9.90 Å². The summed E-state index contributed by atoms with van der Waals surface area (Å²) >= 11 is 0. The van der Waals surface area contributed by atoms with Gasteiger partial charge in [0, 0.05) is 6.07 Å². The number of carbonyl (C=O) groups excluding carboxylic acids is 1. The Bertz CT molecular complexity index is 986. The third-order valence-corrected chi connectivity index (χ3v) is 4.86. The van der Waals surface area contributed by atoms with Gasteiger partial charge in [0.2, 0.25) is 0 Å². The summed E-state index contributed by atoms with van der Waals surface area (Å²) in [7, 11) is 3.07. The average Bonchev–Trinajstić information content (AvgIpc) is 2.78. The Morgan fingerprint density at radius 1 is 0.933 bits per heavy atom. The molecule has 0 aliphatic carbocycles. The van der Waals surface area contributed by atoms with Crippen LogP contribution in [0.5, 0.6) is 11.5 Å². The van der Waals surface area contributed by atoms with Gasteiger partial charge in [0.05, 0.1) is 26.5 Å². The number of hydrogen-bond donors (Lipinski definition) is 3. The quantitative estimate of drug-likeness (QED) is 0.543. The van der Waals surface area contributed by atoms with E-state index in [1.165, 1.54) is 7.11 Å². The van der Waals surface area contributed by atoms with Crippen LogP contribution in [0.25, 0.3) is 11.1 Å². The molecule has 0 aromatic heterocycles. The maximum Gasteiger partial charge on any atom is 0.319 e. The van der Waals surface area contributed by atoms with Gasteiger partial charge in [-0.15, -0.1) is 0 Å². The third-order valence-electron chi connectivity index (χ3n) is 4.86. The predicted octanol–water partition coefficient (Wildman–Crippen LogP) is 4.40. The van der Waals surface area contributed by atoms with Crippen molar-refractivity contribution < 1.29 is 19.4 Å². The molecule has 156 valence electrons. The summed E-state index contributed by atoms with van der Waals surface area (Å²) in [5.41, 5.74) is 2.16. The van der Waals surface area contributed by atoms with Crippen LogP contribution in [-0.2, 0) is 5.60 Å². The Labute approximate surface area is 176 Å². The van der Waals surface area contributed by atoms with Gasteiger partial charge in [-0.2, -0.15) is 0 Å².